The molecule has 82 valence electrons. The molecule has 16 heavy (non-hydrogen) atoms. The number of hydrogen-bond acceptors (Lipinski definition) is 3. The zero-order valence-corrected chi connectivity index (χ0v) is 10.1. The summed E-state index contributed by atoms with van der Waals surface area (Å²) >= 11 is 3.33. The second kappa shape index (κ2) is 4.49. The Morgan fingerprint density at radius 3 is 2.81 bits per heavy atom. The number of methoxy groups -OCH3 is 1. The Labute approximate surface area is 101 Å². The van der Waals surface area contributed by atoms with Gasteiger partial charge < -0.3 is 4.74 Å². The monoisotopic (exact) mass is 280 g/mol. The van der Waals surface area contributed by atoms with Crippen molar-refractivity contribution < 1.29 is 9.53 Å². The van der Waals surface area contributed by atoms with E-state index in [1.165, 1.54) is 6.20 Å². The number of ether oxygens (including phenoxy) is 1. The first kappa shape index (κ1) is 10.9. The maximum atomic E-state index is 10.7. The summed E-state index contributed by atoms with van der Waals surface area (Å²) < 4.78 is 7.46. The van der Waals surface area contributed by atoms with E-state index in [9.17, 15) is 4.79 Å². The molecular weight excluding hydrogens is 272 g/mol. The molecule has 1 aromatic carbocycles. The van der Waals surface area contributed by atoms with Crippen molar-refractivity contribution in [2.24, 2.45) is 0 Å². The van der Waals surface area contributed by atoms with Gasteiger partial charge in [0.1, 0.15) is 16.0 Å². The summed E-state index contributed by atoms with van der Waals surface area (Å²) in [5, 5.41) is 4.12. The summed E-state index contributed by atoms with van der Waals surface area (Å²) in [6.07, 6.45) is 2.26. The average Bonchev–Trinajstić information content (AvgIpc) is 2.70. The fourth-order valence-electron chi connectivity index (χ4n) is 1.40. The first-order valence-electron chi connectivity index (χ1n) is 4.60. The Kier molecular flexibility index (Phi) is 3.05. The molecule has 0 radical (unpaired) electrons. The lowest BCUT2D eigenvalue weighted by molar-refractivity contribution is 0.112. The summed E-state index contributed by atoms with van der Waals surface area (Å²) in [5.74, 6) is 0.698. The van der Waals surface area contributed by atoms with Gasteiger partial charge in [0.25, 0.3) is 0 Å². The van der Waals surface area contributed by atoms with Crippen molar-refractivity contribution >= 4 is 22.2 Å². The van der Waals surface area contributed by atoms with Gasteiger partial charge in [-0.1, -0.05) is 12.1 Å². The maximum absolute atomic E-state index is 10.7. The van der Waals surface area contributed by atoms with Gasteiger partial charge in [-0.25, -0.2) is 4.68 Å². The van der Waals surface area contributed by atoms with E-state index in [0.29, 0.717) is 15.9 Å². The van der Waals surface area contributed by atoms with Crippen LogP contribution < -0.4 is 4.74 Å². The maximum Gasteiger partial charge on any atom is 0.154 e. The number of halogens is 1. The smallest absolute Gasteiger partial charge is 0.154 e. The van der Waals surface area contributed by atoms with E-state index in [0.717, 1.165) is 12.0 Å². The molecule has 1 heterocycles. The van der Waals surface area contributed by atoms with Crippen molar-refractivity contribution in [3.63, 3.8) is 0 Å². The van der Waals surface area contributed by atoms with E-state index >= 15 is 0 Å². The second-order valence-corrected chi connectivity index (χ2v) is 3.84. The Morgan fingerprint density at radius 1 is 1.44 bits per heavy atom. The molecule has 1 aromatic heterocycles. The van der Waals surface area contributed by atoms with Crippen LogP contribution in [0.25, 0.3) is 5.69 Å². The summed E-state index contributed by atoms with van der Waals surface area (Å²) in [6.45, 7) is 0. The highest BCUT2D eigenvalue weighted by Gasteiger charge is 2.11. The molecular formula is C11H9BrN2O2. The third kappa shape index (κ3) is 1.74. The first-order chi connectivity index (χ1) is 7.77. The van der Waals surface area contributed by atoms with Crippen molar-refractivity contribution in [3.8, 4) is 11.4 Å². The Morgan fingerprint density at radius 2 is 2.19 bits per heavy atom. The lowest BCUT2D eigenvalue weighted by Crippen LogP contribution is -1.99. The van der Waals surface area contributed by atoms with Crippen LogP contribution in [0.3, 0.4) is 0 Å². The minimum atomic E-state index is 0.505. The molecule has 0 bridgehead atoms. The molecule has 0 fully saturated rings. The number of aromatic nitrogens is 2. The van der Waals surface area contributed by atoms with Crippen LogP contribution in [-0.4, -0.2) is 23.2 Å². The number of carbonyl (C=O) groups is 1. The number of rotatable bonds is 3. The fourth-order valence-corrected chi connectivity index (χ4v) is 1.88. The van der Waals surface area contributed by atoms with Crippen molar-refractivity contribution in [1.82, 2.24) is 9.78 Å². The van der Waals surface area contributed by atoms with Crippen LogP contribution in [0.15, 0.2) is 35.1 Å². The van der Waals surface area contributed by atoms with Crippen LogP contribution in [0.1, 0.15) is 10.4 Å². The number of carbonyl (C=O) groups excluding carboxylic acids is 1. The van der Waals surface area contributed by atoms with Gasteiger partial charge in [0.05, 0.1) is 18.9 Å². The van der Waals surface area contributed by atoms with Crippen LogP contribution in [0.5, 0.6) is 5.75 Å². The van der Waals surface area contributed by atoms with E-state index in [2.05, 4.69) is 21.0 Å². The number of hydrogen-bond donors (Lipinski definition) is 0. The lowest BCUT2D eigenvalue weighted by Gasteiger charge is -2.08. The highest BCUT2D eigenvalue weighted by atomic mass is 79.9. The van der Waals surface area contributed by atoms with E-state index in [4.69, 9.17) is 4.74 Å². The number of aldehydes is 1. The van der Waals surface area contributed by atoms with E-state index in [1.807, 2.05) is 24.3 Å². The third-order valence-electron chi connectivity index (χ3n) is 2.18. The molecule has 0 spiro atoms. The molecule has 4 nitrogen and oxygen atoms in total. The van der Waals surface area contributed by atoms with Crippen molar-refractivity contribution in [2.75, 3.05) is 7.11 Å². The predicted molar refractivity (Wildman–Crippen MR) is 63.2 cm³/mol. The summed E-state index contributed by atoms with van der Waals surface area (Å²) in [5.41, 5.74) is 1.29. The molecule has 5 heteroatoms. The number of benzene rings is 1. The van der Waals surface area contributed by atoms with Gasteiger partial charge in [0, 0.05) is 0 Å². The lowest BCUT2D eigenvalue weighted by atomic mass is 10.3. The van der Waals surface area contributed by atoms with Crippen LogP contribution in [-0.2, 0) is 0 Å². The summed E-state index contributed by atoms with van der Waals surface area (Å²) in [7, 11) is 1.59. The minimum absolute atomic E-state index is 0.505. The highest BCUT2D eigenvalue weighted by molar-refractivity contribution is 9.10. The Hall–Kier alpha value is -1.62. The molecule has 0 saturated heterocycles. The van der Waals surface area contributed by atoms with Gasteiger partial charge >= 0.3 is 0 Å². The molecule has 0 aliphatic carbocycles. The normalized spacial score (nSPS) is 10.1. The zero-order chi connectivity index (χ0) is 11.5. The Balaban J connectivity index is 2.58. The van der Waals surface area contributed by atoms with Crippen LogP contribution in [0.2, 0.25) is 0 Å². The predicted octanol–water partition coefficient (Wildman–Crippen LogP) is 2.46. The van der Waals surface area contributed by atoms with Gasteiger partial charge in [-0.3, -0.25) is 4.79 Å². The molecule has 0 unspecified atom stereocenters. The molecule has 2 aromatic rings. The van der Waals surface area contributed by atoms with Gasteiger partial charge in [0.15, 0.2) is 6.29 Å². The summed E-state index contributed by atoms with van der Waals surface area (Å²) in [4.78, 5) is 10.7. The second-order valence-electron chi connectivity index (χ2n) is 3.09. The van der Waals surface area contributed by atoms with Gasteiger partial charge in [0.2, 0.25) is 0 Å². The van der Waals surface area contributed by atoms with Crippen LogP contribution in [0, 0.1) is 0 Å². The van der Waals surface area contributed by atoms with Gasteiger partial charge in [-0.2, -0.15) is 5.10 Å². The molecule has 0 N–H and O–H groups in total. The standard InChI is InChI=1S/C11H9BrN2O2/c1-16-10-5-3-2-4-9(10)14-11(12)8(7-15)6-13-14/h2-7H,1H3. The first-order valence-corrected chi connectivity index (χ1v) is 5.39. The minimum Gasteiger partial charge on any atom is -0.494 e. The van der Waals surface area contributed by atoms with Crippen molar-refractivity contribution in [3.05, 3.63) is 40.6 Å². The number of nitrogens with zero attached hydrogens (tertiary/aromatic N) is 2. The summed E-state index contributed by atoms with van der Waals surface area (Å²) in [6, 6.07) is 7.46. The average molecular weight is 281 g/mol. The van der Waals surface area contributed by atoms with Crippen molar-refractivity contribution in [2.45, 2.75) is 0 Å². The molecule has 0 aliphatic heterocycles. The Bertz CT molecular complexity index is 522. The molecule has 0 atom stereocenters. The molecule has 0 amide bonds. The fraction of sp³-hybridized carbons (Fsp3) is 0.0909. The van der Waals surface area contributed by atoms with E-state index in [-0.39, 0.29) is 0 Å². The number of para-hydroxylation sites is 2. The largest absolute Gasteiger partial charge is 0.494 e. The molecule has 0 aliphatic rings. The quantitative estimate of drug-likeness (QED) is 0.812. The van der Waals surface area contributed by atoms with Gasteiger partial charge in [-0.05, 0) is 28.1 Å². The third-order valence-corrected chi connectivity index (χ3v) is 2.97. The molecule has 2 rings (SSSR count). The van der Waals surface area contributed by atoms with Crippen LogP contribution >= 0.6 is 15.9 Å². The van der Waals surface area contributed by atoms with Gasteiger partial charge in [-0.15, -0.1) is 0 Å². The van der Waals surface area contributed by atoms with E-state index in [1.54, 1.807) is 11.8 Å². The topological polar surface area (TPSA) is 44.1 Å². The zero-order valence-electron chi connectivity index (χ0n) is 8.55. The van der Waals surface area contributed by atoms with E-state index < -0.39 is 0 Å². The van der Waals surface area contributed by atoms with Crippen molar-refractivity contribution in [1.29, 1.82) is 0 Å². The van der Waals surface area contributed by atoms with Crippen LogP contribution in [0.4, 0.5) is 0 Å². The SMILES string of the molecule is COc1ccccc1-n1ncc(C=O)c1Br. The highest BCUT2D eigenvalue weighted by Crippen LogP contribution is 2.26. The molecule has 0 saturated carbocycles.